The lowest BCUT2D eigenvalue weighted by molar-refractivity contribution is 0.0495. The minimum absolute atomic E-state index is 0.144. The smallest absolute Gasteiger partial charge is 0.152 e. The predicted molar refractivity (Wildman–Crippen MR) is 75.7 cm³/mol. The number of benzene rings is 1. The lowest BCUT2D eigenvalue weighted by atomic mass is 9.93. The van der Waals surface area contributed by atoms with Crippen LogP contribution in [0, 0.1) is 0 Å². The van der Waals surface area contributed by atoms with E-state index in [9.17, 15) is 13.5 Å². The second-order valence-electron chi connectivity index (χ2n) is 5.90. The molecule has 2 atom stereocenters. The van der Waals surface area contributed by atoms with Gasteiger partial charge in [0.05, 0.1) is 17.1 Å². The van der Waals surface area contributed by atoms with Crippen LogP contribution in [0.2, 0.25) is 0 Å². The summed E-state index contributed by atoms with van der Waals surface area (Å²) >= 11 is 0. The van der Waals surface area contributed by atoms with Gasteiger partial charge in [0.15, 0.2) is 9.84 Å². The van der Waals surface area contributed by atoms with Crippen molar-refractivity contribution in [1.82, 2.24) is 5.32 Å². The van der Waals surface area contributed by atoms with Crippen LogP contribution >= 0.6 is 0 Å². The molecule has 2 N–H and O–H groups in total. The molecule has 2 unspecified atom stereocenters. The van der Waals surface area contributed by atoms with E-state index in [1.807, 2.05) is 37.3 Å². The van der Waals surface area contributed by atoms with Crippen molar-refractivity contribution < 1.29 is 13.5 Å². The highest BCUT2D eigenvalue weighted by molar-refractivity contribution is 7.91. The largest absolute Gasteiger partial charge is 0.384 e. The SMILES string of the molecule is CC1(NCC(C)(O)c2ccccc2)CCS(=O)(=O)C1. The number of hydrogen-bond donors (Lipinski definition) is 2. The summed E-state index contributed by atoms with van der Waals surface area (Å²) in [5, 5.41) is 13.7. The van der Waals surface area contributed by atoms with Crippen LogP contribution in [-0.2, 0) is 15.4 Å². The Hall–Kier alpha value is -0.910. The normalized spacial score (nSPS) is 29.0. The molecule has 0 radical (unpaired) electrons. The van der Waals surface area contributed by atoms with Crippen LogP contribution in [0.3, 0.4) is 0 Å². The third kappa shape index (κ3) is 3.55. The van der Waals surface area contributed by atoms with Gasteiger partial charge >= 0.3 is 0 Å². The Balaban J connectivity index is 2.03. The highest BCUT2D eigenvalue weighted by Crippen LogP contribution is 2.25. The molecule has 0 saturated carbocycles. The summed E-state index contributed by atoms with van der Waals surface area (Å²) < 4.78 is 23.1. The molecular weight excluding hydrogens is 262 g/mol. The first-order chi connectivity index (χ1) is 8.73. The third-order valence-corrected chi connectivity index (χ3v) is 5.66. The van der Waals surface area contributed by atoms with Gasteiger partial charge < -0.3 is 10.4 Å². The van der Waals surface area contributed by atoms with Crippen molar-refractivity contribution >= 4 is 9.84 Å². The zero-order valence-electron chi connectivity index (χ0n) is 11.4. The van der Waals surface area contributed by atoms with Crippen LogP contribution in [0.1, 0.15) is 25.8 Å². The minimum Gasteiger partial charge on any atom is -0.384 e. The van der Waals surface area contributed by atoms with Gasteiger partial charge in [-0.2, -0.15) is 0 Å². The number of sulfone groups is 1. The van der Waals surface area contributed by atoms with Gasteiger partial charge in [0, 0.05) is 12.1 Å². The Morgan fingerprint density at radius 3 is 2.53 bits per heavy atom. The average Bonchev–Trinajstić information content (AvgIpc) is 2.63. The molecule has 1 saturated heterocycles. The van der Waals surface area contributed by atoms with Gasteiger partial charge in [-0.1, -0.05) is 30.3 Å². The first-order valence-electron chi connectivity index (χ1n) is 6.46. The molecule has 1 aromatic carbocycles. The van der Waals surface area contributed by atoms with Gasteiger partial charge in [-0.25, -0.2) is 8.42 Å². The Morgan fingerprint density at radius 2 is 2.00 bits per heavy atom. The van der Waals surface area contributed by atoms with Crippen LogP contribution in [-0.4, -0.2) is 37.1 Å². The summed E-state index contributed by atoms with van der Waals surface area (Å²) in [5.41, 5.74) is -0.610. The Morgan fingerprint density at radius 1 is 1.37 bits per heavy atom. The summed E-state index contributed by atoms with van der Waals surface area (Å²) in [6.45, 7) is 3.98. The average molecular weight is 283 g/mol. The molecule has 106 valence electrons. The fourth-order valence-corrected chi connectivity index (χ4v) is 4.56. The number of hydrogen-bond acceptors (Lipinski definition) is 4. The lowest BCUT2D eigenvalue weighted by Crippen LogP contribution is -2.49. The molecule has 1 aliphatic rings. The molecule has 0 amide bonds. The quantitative estimate of drug-likeness (QED) is 0.867. The molecule has 5 heteroatoms. The summed E-state index contributed by atoms with van der Waals surface area (Å²) in [6, 6.07) is 9.40. The number of aliphatic hydroxyl groups is 1. The lowest BCUT2D eigenvalue weighted by Gasteiger charge is -2.31. The van der Waals surface area contributed by atoms with Gasteiger partial charge in [0.2, 0.25) is 0 Å². The van der Waals surface area contributed by atoms with Crippen molar-refractivity contribution in [3.8, 4) is 0 Å². The van der Waals surface area contributed by atoms with Crippen molar-refractivity contribution in [2.75, 3.05) is 18.1 Å². The molecule has 4 nitrogen and oxygen atoms in total. The first-order valence-corrected chi connectivity index (χ1v) is 8.28. The molecule has 0 spiro atoms. The van der Waals surface area contributed by atoms with Crippen molar-refractivity contribution in [1.29, 1.82) is 0 Å². The standard InChI is InChI=1S/C14H21NO3S/c1-13(8-9-19(17,18)11-13)15-10-14(2,16)12-6-4-3-5-7-12/h3-7,15-16H,8-11H2,1-2H3. The van der Waals surface area contributed by atoms with Crippen molar-refractivity contribution in [2.24, 2.45) is 0 Å². The Bertz CT molecular complexity index is 539. The molecule has 0 bridgehead atoms. The van der Waals surface area contributed by atoms with Crippen molar-refractivity contribution in [3.63, 3.8) is 0 Å². The summed E-state index contributed by atoms with van der Waals surface area (Å²) in [6.07, 6.45) is 0.597. The van der Waals surface area contributed by atoms with Gasteiger partial charge in [0.1, 0.15) is 0 Å². The summed E-state index contributed by atoms with van der Waals surface area (Å²) in [5.74, 6) is 0.370. The molecule has 19 heavy (non-hydrogen) atoms. The zero-order chi connectivity index (χ0) is 14.1. The first kappa shape index (κ1) is 14.5. The van der Waals surface area contributed by atoms with E-state index in [-0.39, 0.29) is 11.5 Å². The van der Waals surface area contributed by atoms with E-state index in [1.54, 1.807) is 6.92 Å². The number of nitrogens with one attached hydrogen (secondary N) is 1. The van der Waals surface area contributed by atoms with Crippen molar-refractivity contribution in [2.45, 2.75) is 31.4 Å². The van der Waals surface area contributed by atoms with E-state index in [4.69, 9.17) is 0 Å². The fourth-order valence-electron chi connectivity index (χ4n) is 2.43. The maximum atomic E-state index is 11.5. The molecule has 1 aliphatic heterocycles. The van der Waals surface area contributed by atoms with E-state index in [1.165, 1.54) is 0 Å². The predicted octanol–water partition coefficient (Wildman–Crippen LogP) is 1.06. The molecule has 1 fully saturated rings. The van der Waals surface area contributed by atoms with Crippen LogP contribution in [0.4, 0.5) is 0 Å². The Labute approximate surface area is 114 Å². The van der Waals surface area contributed by atoms with E-state index < -0.39 is 21.0 Å². The molecule has 0 aromatic heterocycles. The van der Waals surface area contributed by atoms with E-state index in [2.05, 4.69) is 5.32 Å². The number of rotatable bonds is 4. The molecule has 1 aromatic rings. The van der Waals surface area contributed by atoms with Crippen LogP contribution in [0.25, 0.3) is 0 Å². The third-order valence-electron chi connectivity index (χ3n) is 3.76. The Kier molecular flexibility index (Phi) is 3.73. The van der Waals surface area contributed by atoms with Crippen LogP contribution in [0.15, 0.2) is 30.3 Å². The molecule has 2 rings (SSSR count). The van der Waals surface area contributed by atoms with E-state index in [0.717, 1.165) is 5.56 Å². The summed E-state index contributed by atoms with van der Waals surface area (Å²) in [7, 11) is -2.93. The van der Waals surface area contributed by atoms with Crippen LogP contribution < -0.4 is 5.32 Å². The molecular formula is C14H21NO3S. The summed E-state index contributed by atoms with van der Waals surface area (Å²) in [4.78, 5) is 0. The van der Waals surface area contributed by atoms with Gasteiger partial charge in [-0.05, 0) is 25.8 Å². The fraction of sp³-hybridized carbons (Fsp3) is 0.571. The highest BCUT2D eigenvalue weighted by Gasteiger charge is 2.39. The minimum atomic E-state index is -2.93. The maximum Gasteiger partial charge on any atom is 0.152 e. The van der Waals surface area contributed by atoms with E-state index >= 15 is 0 Å². The molecule has 1 heterocycles. The van der Waals surface area contributed by atoms with E-state index in [0.29, 0.717) is 13.0 Å². The zero-order valence-corrected chi connectivity index (χ0v) is 12.2. The highest BCUT2D eigenvalue weighted by atomic mass is 32.2. The van der Waals surface area contributed by atoms with Gasteiger partial charge in [-0.3, -0.25) is 0 Å². The molecule has 0 aliphatic carbocycles. The monoisotopic (exact) mass is 283 g/mol. The second kappa shape index (κ2) is 4.89. The van der Waals surface area contributed by atoms with Gasteiger partial charge in [-0.15, -0.1) is 0 Å². The van der Waals surface area contributed by atoms with Gasteiger partial charge in [0.25, 0.3) is 0 Å². The van der Waals surface area contributed by atoms with Crippen LogP contribution in [0.5, 0.6) is 0 Å². The van der Waals surface area contributed by atoms with Crippen molar-refractivity contribution in [3.05, 3.63) is 35.9 Å². The number of β-amino-alcohol motifs (C(OH)–C–C–N with tert-alkyl or cyclic N) is 1. The second-order valence-corrected chi connectivity index (χ2v) is 8.08. The maximum absolute atomic E-state index is 11.5. The topological polar surface area (TPSA) is 66.4 Å².